The topological polar surface area (TPSA) is 12.5 Å². The van der Waals surface area contributed by atoms with Crippen LogP contribution in [0.1, 0.15) is 61.8 Å². The molecule has 0 aromatic carbocycles. The number of epoxide rings is 1. The first-order valence-electron chi connectivity index (χ1n) is 6.28. The molecule has 1 unspecified atom stereocenters. The minimum Gasteiger partial charge on any atom is -0.363 e. The first-order chi connectivity index (χ1) is 6.58. The number of ether oxygens (including phenoxy) is 1. The summed E-state index contributed by atoms with van der Waals surface area (Å²) < 4.78 is 5.91. The Kier molecular flexibility index (Phi) is 3.02. The summed E-state index contributed by atoms with van der Waals surface area (Å²) in [5.74, 6) is 1.30. The molecule has 0 saturated carbocycles. The van der Waals surface area contributed by atoms with Crippen molar-refractivity contribution in [2.75, 3.05) is 0 Å². The number of rotatable bonds is 4. The molecular formula is C14H28O. The second-order valence-corrected chi connectivity index (χ2v) is 6.64. The van der Waals surface area contributed by atoms with E-state index in [-0.39, 0.29) is 11.2 Å². The highest BCUT2D eigenvalue weighted by Gasteiger charge is 2.64. The molecule has 1 fully saturated rings. The van der Waals surface area contributed by atoms with Crippen LogP contribution in [0, 0.1) is 17.3 Å². The number of hydrogen-bond donors (Lipinski definition) is 0. The van der Waals surface area contributed by atoms with Gasteiger partial charge in [-0.1, -0.05) is 41.0 Å². The summed E-state index contributed by atoms with van der Waals surface area (Å²) in [7, 11) is 0. The Morgan fingerprint density at radius 1 is 1.13 bits per heavy atom. The Balaban J connectivity index is 2.75. The minimum absolute atomic E-state index is 0.0739. The van der Waals surface area contributed by atoms with E-state index in [1.807, 2.05) is 0 Å². The second-order valence-electron chi connectivity index (χ2n) is 6.64. The van der Waals surface area contributed by atoms with E-state index in [0.29, 0.717) is 17.3 Å². The smallest absolute Gasteiger partial charge is 0.0974 e. The maximum atomic E-state index is 5.91. The fourth-order valence-electron chi connectivity index (χ4n) is 2.62. The van der Waals surface area contributed by atoms with Gasteiger partial charge in [0.05, 0.1) is 11.2 Å². The molecule has 90 valence electrons. The molecule has 0 amide bonds. The van der Waals surface area contributed by atoms with Gasteiger partial charge in [0.25, 0.3) is 0 Å². The van der Waals surface area contributed by atoms with Gasteiger partial charge in [0.1, 0.15) is 0 Å². The molecule has 1 aliphatic rings. The summed E-state index contributed by atoms with van der Waals surface area (Å²) in [4.78, 5) is 0. The SMILES string of the molecule is CCC(C)(C)[C@@H](C)C(C)[C@@]1(C)OC1(C)C. The minimum atomic E-state index is 0.0739. The molecular weight excluding hydrogens is 184 g/mol. The van der Waals surface area contributed by atoms with Gasteiger partial charge in [-0.05, 0) is 38.0 Å². The molecule has 0 aliphatic carbocycles. The van der Waals surface area contributed by atoms with Crippen LogP contribution >= 0.6 is 0 Å². The third-order valence-corrected chi connectivity index (χ3v) is 5.38. The van der Waals surface area contributed by atoms with E-state index in [0.717, 1.165) is 0 Å². The number of hydrogen-bond acceptors (Lipinski definition) is 1. The molecule has 15 heavy (non-hydrogen) atoms. The summed E-state index contributed by atoms with van der Waals surface area (Å²) in [6, 6.07) is 0. The fraction of sp³-hybridized carbons (Fsp3) is 1.00. The normalized spacial score (nSPS) is 33.6. The van der Waals surface area contributed by atoms with Crippen LogP contribution in [0.5, 0.6) is 0 Å². The van der Waals surface area contributed by atoms with Crippen molar-refractivity contribution in [3.63, 3.8) is 0 Å². The van der Waals surface area contributed by atoms with E-state index in [1.54, 1.807) is 0 Å². The van der Waals surface area contributed by atoms with E-state index in [2.05, 4.69) is 55.4 Å². The predicted molar refractivity (Wildman–Crippen MR) is 66.0 cm³/mol. The lowest BCUT2D eigenvalue weighted by Crippen LogP contribution is -2.36. The zero-order chi connectivity index (χ0) is 12.1. The molecule has 0 radical (unpaired) electrons. The van der Waals surface area contributed by atoms with Crippen LogP contribution in [0.25, 0.3) is 0 Å². The van der Waals surface area contributed by atoms with Gasteiger partial charge < -0.3 is 4.74 Å². The molecule has 3 atom stereocenters. The van der Waals surface area contributed by atoms with Crippen LogP contribution in [0.4, 0.5) is 0 Å². The maximum Gasteiger partial charge on any atom is 0.0974 e. The van der Waals surface area contributed by atoms with Crippen molar-refractivity contribution < 1.29 is 4.74 Å². The Morgan fingerprint density at radius 2 is 1.53 bits per heavy atom. The van der Waals surface area contributed by atoms with Crippen molar-refractivity contribution in [1.82, 2.24) is 0 Å². The average Bonchev–Trinajstić information content (AvgIpc) is 2.65. The van der Waals surface area contributed by atoms with Crippen LogP contribution in [0.2, 0.25) is 0 Å². The van der Waals surface area contributed by atoms with E-state index in [1.165, 1.54) is 6.42 Å². The molecule has 0 spiro atoms. The molecule has 1 heteroatoms. The van der Waals surface area contributed by atoms with Crippen molar-refractivity contribution in [2.45, 2.75) is 73.0 Å². The predicted octanol–water partition coefficient (Wildman–Crippen LogP) is 4.26. The zero-order valence-corrected chi connectivity index (χ0v) is 11.8. The Morgan fingerprint density at radius 3 is 1.80 bits per heavy atom. The quantitative estimate of drug-likeness (QED) is 0.634. The van der Waals surface area contributed by atoms with Crippen molar-refractivity contribution in [1.29, 1.82) is 0 Å². The molecule has 0 aromatic heterocycles. The molecule has 1 saturated heterocycles. The zero-order valence-electron chi connectivity index (χ0n) is 11.8. The molecule has 1 aliphatic heterocycles. The average molecular weight is 212 g/mol. The van der Waals surface area contributed by atoms with Gasteiger partial charge >= 0.3 is 0 Å². The molecule has 0 bridgehead atoms. The third kappa shape index (κ3) is 1.95. The highest BCUT2D eigenvalue weighted by molar-refractivity contribution is 5.11. The molecule has 1 rings (SSSR count). The second kappa shape index (κ2) is 3.48. The summed E-state index contributed by atoms with van der Waals surface area (Å²) in [6.07, 6.45) is 1.23. The fourth-order valence-corrected chi connectivity index (χ4v) is 2.62. The van der Waals surface area contributed by atoms with Crippen LogP contribution in [-0.4, -0.2) is 11.2 Å². The van der Waals surface area contributed by atoms with Gasteiger partial charge in [0.2, 0.25) is 0 Å². The lowest BCUT2D eigenvalue weighted by atomic mass is 9.66. The van der Waals surface area contributed by atoms with Crippen molar-refractivity contribution in [3.05, 3.63) is 0 Å². The van der Waals surface area contributed by atoms with E-state index in [4.69, 9.17) is 4.74 Å². The summed E-state index contributed by atoms with van der Waals surface area (Å²) in [5, 5.41) is 0. The van der Waals surface area contributed by atoms with Gasteiger partial charge in [-0.2, -0.15) is 0 Å². The Hall–Kier alpha value is -0.0400. The summed E-state index contributed by atoms with van der Waals surface area (Å²) in [5.41, 5.74) is 0.563. The van der Waals surface area contributed by atoms with Crippen LogP contribution in [0.3, 0.4) is 0 Å². The van der Waals surface area contributed by atoms with Crippen molar-refractivity contribution >= 4 is 0 Å². The van der Waals surface area contributed by atoms with Crippen LogP contribution in [-0.2, 0) is 4.74 Å². The third-order valence-electron chi connectivity index (χ3n) is 5.38. The van der Waals surface area contributed by atoms with Crippen molar-refractivity contribution in [3.8, 4) is 0 Å². The molecule has 0 aromatic rings. The van der Waals surface area contributed by atoms with Gasteiger partial charge in [-0.3, -0.25) is 0 Å². The first-order valence-corrected chi connectivity index (χ1v) is 6.28. The molecule has 1 heterocycles. The monoisotopic (exact) mass is 212 g/mol. The highest BCUT2D eigenvalue weighted by atomic mass is 16.6. The largest absolute Gasteiger partial charge is 0.363 e. The first kappa shape index (κ1) is 13.0. The van der Waals surface area contributed by atoms with Gasteiger partial charge in [-0.15, -0.1) is 0 Å². The lowest BCUT2D eigenvalue weighted by Gasteiger charge is -2.37. The van der Waals surface area contributed by atoms with Gasteiger partial charge in [0.15, 0.2) is 0 Å². The van der Waals surface area contributed by atoms with Crippen LogP contribution in [0.15, 0.2) is 0 Å². The van der Waals surface area contributed by atoms with E-state index >= 15 is 0 Å². The lowest BCUT2D eigenvalue weighted by molar-refractivity contribution is 0.0995. The van der Waals surface area contributed by atoms with E-state index in [9.17, 15) is 0 Å². The highest BCUT2D eigenvalue weighted by Crippen LogP contribution is 2.56. The van der Waals surface area contributed by atoms with Gasteiger partial charge in [-0.25, -0.2) is 0 Å². The Bertz CT molecular complexity index is 242. The molecule has 0 N–H and O–H groups in total. The van der Waals surface area contributed by atoms with E-state index < -0.39 is 0 Å². The molecule has 1 nitrogen and oxygen atoms in total. The standard InChI is InChI=1S/C14H28O/c1-9-12(4,5)10(2)11(3)14(8)13(6,7)15-14/h10-11H,9H2,1-8H3/t10-,11?,14+/m0/s1. The summed E-state index contributed by atoms with van der Waals surface area (Å²) >= 11 is 0. The van der Waals surface area contributed by atoms with Gasteiger partial charge in [0, 0.05) is 0 Å². The summed E-state index contributed by atoms with van der Waals surface area (Å²) in [6.45, 7) is 18.4. The van der Waals surface area contributed by atoms with Crippen molar-refractivity contribution in [2.24, 2.45) is 17.3 Å². The maximum absolute atomic E-state index is 5.91. The Labute approximate surface area is 95.6 Å². The van der Waals surface area contributed by atoms with Crippen LogP contribution < -0.4 is 0 Å².